The van der Waals surface area contributed by atoms with Gasteiger partial charge in [0.25, 0.3) is 0 Å². The van der Waals surface area contributed by atoms with Crippen molar-refractivity contribution in [1.82, 2.24) is 23.7 Å². The van der Waals surface area contributed by atoms with Crippen molar-refractivity contribution in [2.45, 2.75) is 0 Å². The van der Waals surface area contributed by atoms with Gasteiger partial charge >= 0.3 is 0 Å². The van der Waals surface area contributed by atoms with E-state index < -0.39 is 0 Å². The molecule has 382 valence electrons. The van der Waals surface area contributed by atoms with Crippen LogP contribution in [0.4, 0.5) is 0 Å². The Morgan fingerprint density at radius 2 is 0.663 bits per heavy atom. The van der Waals surface area contributed by atoms with Crippen LogP contribution in [-0.4, -0.2) is 23.7 Å². The number of fused-ring (bicyclic) bond motifs is 9. The van der Waals surface area contributed by atoms with Crippen molar-refractivity contribution in [2.75, 3.05) is 0 Å². The molecule has 0 N–H and O–H groups in total. The highest BCUT2D eigenvalue weighted by Gasteiger charge is 2.21. The van der Waals surface area contributed by atoms with Gasteiger partial charge in [0, 0.05) is 71.6 Å². The lowest BCUT2D eigenvalue weighted by atomic mass is 9.90. The zero-order valence-corrected chi connectivity index (χ0v) is 44.2. The molecule has 0 aliphatic rings. The number of nitriles is 4. The third-order valence-corrected chi connectivity index (χ3v) is 16.0. The summed E-state index contributed by atoms with van der Waals surface area (Å²) in [7, 11) is 0. The monoisotopic (exact) mass is 1060 g/mol. The van der Waals surface area contributed by atoms with E-state index in [4.69, 9.17) is 9.97 Å². The molecule has 0 fully saturated rings. The summed E-state index contributed by atoms with van der Waals surface area (Å²) in [5.41, 5.74) is 17.8. The molecule has 15 aromatic rings. The van der Waals surface area contributed by atoms with Crippen LogP contribution in [0.15, 0.2) is 249 Å². The number of aromatic nitrogens is 5. The Hall–Kier alpha value is -12.1. The topological polar surface area (TPSA) is 136 Å². The fraction of sp³-hybridized carbons (Fsp3) is 0. The van der Waals surface area contributed by atoms with Gasteiger partial charge in [-0.3, -0.25) is 0 Å². The highest BCUT2D eigenvalue weighted by molar-refractivity contribution is 6.14. The lowest BCUT2D eigenvalue weighted by Gasteiger charge is -2.13. The Balaban J connectivity index is 0.818. The zero-order chi connectivity index (χ0) is 55.7. The molecular formula is C74H41N9. The fourth-order valence-electron chi connectivity index (χ4n) is 12.2. The lowest BCUT2D eigenvalue weighted by molar-refractivity contribution is 1.16. The molecule has 9 heteroatoms. The van der Waals surface area contributed by atoms with Crippen LogP contribution in [0.25, 0.3) is 139 Å². The van der Waals surface area contributed by atoms with Crippen LogP contribution in [0.3, 0.4) is 0 Å². The SMILES string of the molecule is N#Cc1cccc(-c2cc(-c3ccc(-c4c(C#N)cc(-c5ccc(-n6c7ccc(-n8c9ccccc9c9ccccc98)cc7c7cc(-n8c9ccccc9c9ccccc98)ccc76)cc5)cc4C#N)cc3)nc(-c3cccc(C#N)c3)n2)c1. The minimum atomic E-state index is 0.373. The molecule has 0 saturated heterocycles. The molecule has 0 amide bonds. The van der Waals surface area contributed by atoms with Crippen molar-refractivity contribution < 1.29 is 0 Å². The average Bonchev–Trinajstić information content (AvgIpc) is 2.93. The van der Waals surface area contributed by atoms with E-state index in [1.807, 2.05) is 60.7 Å². The molecule has 0 radical (unpaired) electrons. The van der Waals surface area contributed by atoms with Gasteiger partial charge in [0.2, 0.25) is 0 Å². The molecule has 0 bridgehead atoms. The molecule has 0 aliphatic carbocycles. The van der Waals surface area contributed by atoms with Gasteiger partial charge in [-0.05, 0) is 132 Å². The Morgan fingerprint density at radius 1 is 0.265 bits per heavy atom. The molecule has 0 aliphatic heterocycles. The molecule has 4 aromatic heterocycles. The zero-order valence-electron chi connectivity index (χ0n) is 44.2. The third kappa shape index (κ3) is 7.90. The molecule has 0 spiro atoms. The smallest absolute Gasteiger partial charge is 0.160 e. The van der Waals surface area contributed by atoms with Crippen LogP contribution in [0.1, 0.15) is 22.3 Å². The number of hydrogen-bond donors (Lipinski definition) is 0. The summed E-state index contributed by atoms with van der Waals surface area (Å²) < 4.78 is 7.07. The number of hydrogen-bond acceptors (Lipinski definition) is 6. The van der Waals surface area contributed by atoms with Crippen molar-refractivity contribution in [1.29, 1.82) is 21.0 Å². The van der Waals surface area contributed by atoms with E-state index in [1.54, 1.807) is 30.3 Å². The van der Waals surface area contributed by atoms with Gasteiger partial charge < -0.3 is 13.7 Å². The Morgan fingerprint density at radius 3 is 1.14 bits per heavy atom. The molecule has 0 saturated carbocycles. The second kappa shape index (κ2) is 19.3. The maximum absolute atomic E-state index is 10.8. The van der Waals surface area contributed by atoms with Crippen molar-refractivity contribution >= 4 is 65.4 Å². The largest absolute Gasteiger partial charge is 0.309 e. The summed E-state index contributed by atoms with van der Waals surface area (Å²) in [5.74, 6) is 0.424. The molecule has 4 heterocycles. The average molecular weight is 1060 g/mol. The summed E-state index contributed by atoms with van der Waals surface area (Å²) in [6.45, 7) is 0. The van der Waals surface area contributed by atoms with Crippen molar-refractivity contribution in [2.24, 2.45) is 0 Å². The first-order chi connectivity index (χ1) is 40.9. The van der Waals surface area contributed by atoms with Crippen molar-refractivity contribution in [3.63, 3.8) is 0 Å². The van der Waals surface area contributed by atoms with Gasteiger partial charge in [0.1, 0.15) is 0 Å². The summed E-state index contributed by atoms with van der Waals surface area (Å²) in [6, 6.07) is 93.2. The van der Waals surface area contributed by atoms with Crippen LogP contribution < -0.4 is 0 Å². The van der Waals surface area contributed by atoms with Gasteiger partial charge in [-0.2, -0.15) is 21.0 Å². The van der Waals surface area contributed by atoms with Gasteiger partial charge in [0.05, 0.1) is 91.0 Å². The standard InChI is InChI=1S/C74H41N9/c75-42-46-11-9-13-51(35-46)66-41-65(79-74(80-66)52-14-10-12-47(36-52)43-76)49-23-25-50(26-24-49)73-54(44-77)37-53(38-55(73)45-78)48-27-29-56(30-28-48)81-71-33-31-57(82-67-19-5-1-15-59(67)60-16-2-6-20-68(60)82)39-63(71)64-40-58(32-34-72(64)81)83-69-21-7-3-17-61(69)62-18-4-8-22-70(62)83/h1-41H. The Labute approximate surface area is 476 Å². The number of rotatable bonds is 8. The number of nitrogens with zero attached hydrogens (tertiary/aromatic N) is 9. The second-order valence-electron chi connectivity index (χ2n) is 20.6. The lowest BCUT2D eigenvalue weighted by Crippen LogP contribution is -1.97. The van der Waals surface area contributed by atoms with E-state index in [2.05, 4.69) is 196 Å². The quantitative estimate of drug-likeness (QED) is 0.149. The van der Waals surface area contributed by atoms with Gasteiger partial charge in [-0.15, -0.1) is 0 Å². The third-order valence-electron chi connectivity index (χ3n) is 16.0. The van der Waals surface area contributed by atoms with Crippen molar-refractivity contribution in [3.8, 4) is 97.5 Å². The molecule has 15 rings (SSSR count). The summed E-state index contributed by atoms with van der Waals surface area (Å²) in [4.78, 5) is 9.84. The normalized spacial score (nSPS) is 11.3. The van der Waals surface area contributed by atoms with E-state index in [1.165, 1.54) is 21.5 Å². The van der Waals surface area contributed by atoms with E-state index in [0.29, 0.717) is 56.2 Å². The number of para-hydroxylation sites is 4. The van der Waals surface area contributed by atoms with Gasteiger partial charge in [-0.1, -0.05) is 133 Å². The van der Waals surface area contributed by atoms with E-state index in [9.17, 15) is 21.0 Å². The van der Waals surface area contributed by atoms with E-state index in [-0.39, 0.29) is 0 Å². The maximum atomic E-state index is 10.8. The molecule has 0 unspecified atom stereocenters. The van der Waals surface area contributed by atoms with E-state index in [0.717, 1.165) is 83.2 Å². The Bertz CT molecular complexity index is 4990. The van der Waals surface area contributed by atoms with Crippen molar-refractivity contribution in [3.05, 3.63) is 271 Å². The van der Waals surface area contributed by atoms with E-state index >= 15 is 0 Å². The Kier molecular flexibility index (Phi) is 11.2. The first-order valence-corrected chi connectivity index (χ1v) is 27.1. The second-order valence-corrected chi connectivity index (χ2v) is 20.6. The van der Waals surface area contributed by atoms with Crippen LogP contribution >= 0.6 is 0 Å². The minimum absolute atomic E-state index is 0.373. The van der Waals surface area contributed by atoms with Crippen LogP contribution in [0.2, 0.25) is 0 Å². The molecule has 11 aromatic carbocycles. The van der Waals surface area contributed by atoms with Crippen LogP contribution in [0, 0.1) is 45.3 Å². The summed E-state index contributed by atoms with van der Waals surface area (Å²) in [6.07, 6.45) is 0. The molecular weight excluding hydrogens is 1010 g/mol. The highest BCUT2D eigenvalue weighted by Crippen LogP contribution is 2.41. The minimum Gasteiger partial charge on any atom is -0.309 e. The fourth-order valence-corrected chi connectivity index (χ4v) is 12.2. The van der Waals surface area contributed by atoms with Crippen LogP contribution in [0.5, 0.6) is 0 Å². The predicted octanol–water partition coefficient (Wildman–Crippen LogP) is 17.6. The molecule has 0 atom stereocenters. The van der Waals surface area contributed by atoms with Gasteiger partial charge in [0.15, 0.2) is 5.82 Å². The van der Waals surface area contributed by atoms with Gasteiger partial charge in [-0.25, -0.2) is 9.97 Å². The summed E-state index contributed by atoms with van der Waals surface area (Å²) >= 11 is 0. The maximum Gasteiger partial charge on any atom is 0.160 e. The summed E-state index contributed by atoms with van der Waals surface area (Å²) in [5, 5.41) is 48.0. The molecule has 83 heavy (non-hydrogen) atoms. The molecule has 9 nitrogen and oxygen atoms in total. The highest BCUT2D eigenvalue weighted by atomic mass is 15.0. The first kappa shape index (κ1) is 48.0. The number of benzene rings is 11. The predicted molar refractivity (Wildman–Crippen MR) is 331 cm³/mol. The van der Waals surface area contributed by atoms with Crippen LogP contribution in [-0.2, 0) is 0 Å². The first-order valence-electron chi connectivity index (χ1n) is 27.1.